The van der Waals surface area contributed by atoms with Crippen LogP contribution in [0.3, 0.4) is 0 Å². The number of amides is 1. The van der Waals surface area contributed by atoms with Crippen LogP contribution in [0.25, 0.3) is 0 Å². The Morgan fingerprint density at radius 2 is 1.50 bits per heavy atom. The van der Waals surface area contributed by atoms with Crippen molar-refractivity contribution in [3.8, 4) is 0 Å². The van der Waals surface area contributed by atoms with E-state index in [-0.39, 0.29) is 72.4 Å². The van der Waals surface area contributed by atoms with Gasteiger partial charge in [0.15, 0.2) is 11.6 Å². The molecule has 1 amide bonds. The number of piperidine rings is 1. The van der Waals surface area contributed by atoms with Gasteiger partial charge in [-0.05, 0) is 112 Å². The van der Waals surface area contributed by atoms with E-state index in [9.17, 15) is 39.3 Å². The Morgan fingerprint density at radius 1 is 0.781 bits per heavy atom. The smallest absolute Gasteiger partial charge is 0.296 e. The lowest BCUT2D eigenvalue weighted by Crippen LogP contribution is -2.61. The van der Waals surface area contributed by atoms with Gasteiger partial charge >= 0.3 is 0 Å². The fraction of sp³-hybridized carbons (Fsp3) is 0.745. The molecule has 0 aromatic heterocycles. The average molecular weight is 896 g/mol. The molecule has 2 aliphatic carbocycles. The third kappa shape index (κ3) is 12.2. The number of ketones is 4. The van der Waals surface area contributed by atoms with Crippen molar-refractivity contribution in [2.45, 2.75) is 167 Å². The van der Waals surface area contributed by atoms with E-state index in [0.29, 0.717) is 63.4 Å². The van der Waals surface area contributed by atoms with Crippen LogP contribution in [-0.2, 0) is 42.9 Å². The predicted octanol–water partition coefficient (Wildman–Crippen LogP) is 6.06. The fourth-order valence-corrected chi connectivity index (χ4v) is 11.3. The number of carbonyl (C=O) groups is 5. The largest absolute Gasteiger partial charge is 0.390 e. The zero-order valence-electron chi connectivity index (χ0n) is 39.8. The number of nitrogens with zero attached hydrogens (tertiary/aromatic N) is 1. The van der Waals surface area contributed by atoms with Crippen LogP contribution in [0.2, 0.25) is 0 Å². The summed E-state index contributed by atoms with van der Waals surface area (Å²) >= 11 is 0. The molecule has 0 radical (unpaired) electrons. The summed E-state index contributed by atoms with van der Waals surface area (Å²) in [6.07, 6.45) is 12.6. The van der Waals surface area contributed by atoms with Crippen LogP contribution in [0, 0.1) is 47.3 Å². The number of ether oxygens (including phenoxy) is 4. The van der Waals surface area contributed by atoms with Gasteiger partial charge in [0, 0.05) is 64.9 Å². The Morgan fingerprint density at radius 3 is 2.19 bits per heavy atom. The molecule has 358 valence electrons. The molecular formula is C51H77NO12. The first-order chi connectivity index (χ1) is 30.3. The number of allylic oxidation sites excluding steroid dienone is 6. The molecule has 13 nitrogen and oxygen atoms in total. The van der Waals surface area contributed by atoms with Crippen LogP contribution < -0.4 is 0 Å². The quantitative estimate of drug-likeness (QED) is 0.214. The molecule has 3 N–H and O–H groups in total. The minimum Gasteiger partial charge on any atom is -0.390 e. The van der Waals surface area contributed by atoms with E-state index in [2.05, 4.69) is 0 Å². The van der Waals surface area contributed by atoms with Gasteiger partial charge in [-0.2, -0.15) is 0 Å². The van der Waals surface area contributed by atoms with E-state index >= 15 is 0 Å². The topological polar surface area (TPSA) is 186 Å². The minimum atomic E-state index is -2.38. The van der Waals surface area contributed by atoms with E-state index in [4.69, 9.17) is 18.9 Å². The molecule has 0 aromatic carbocycles. The lowest BCUT2D eigenvalue weighted by Gasteiger charge is -2.44. The van der Waals surface area contributed by atoms with E-state index in [0.717, 1.165) is 12.0 Å². The van der Waals surface area contributed by atoms with Gasteiger partial charge in [-0.1, -0.05) is 64.2 Å². The van der Waals surface area contributed by atoms with Crippen molar-refractivity contribution in [2.24, 2.45) is 47.3 Å². The maximum Gasteiger partial charge on any atom is 0.296 e. The number of rotatable bonds is 5. The van der Waals surface area contributed by atoms with Gasteiger partial charge in [0.2, 0.25) is 5.79 Å². The summed E-state index contributed by atoms with van der Waals surface area (Å²) in [5.41, 5.74) is 1.33. The van der Waals surface area contributed by atoms with Crippen molar-refractivity contribution in [3.05, 3.63) is 47.6 Å². The highest BCUT2D eigenvalue weighted by Crippen LogP contribution is 2.46. The van der Waals surface area contributed by atoms with Crippen LogP contribution in [0.5, 0.6) is 0 Å². The summed E-state index contributed by atoms with van der Waals surface area (Å²) in [6, 6.07) is -0.899. The first kappa shape index (κ1) is 51.8. The summed E-state index contributed by atoms with van der Waals surface area (Å²) in [5, 5.41) is 34.0. The average Bonchev–Trinajstić information content (AvgIpc) is 3.36. The molecule has 13 heteroatoms. The van der Waals surface area contributed by atoms with Gasteiger partial charge in [0.05, 0.1) is 30.5 Å². The highest BCUT2D eigenvalue weighted by molar-refractivity contribution is 6.39. The third-order valence-corrected chi connectivity index (χ3v) is 15.5. The molecule has 2 saturated heterocycles. The zero-order valence-corrected chi connectivity index (χ0v) is 39.8. The van der Waals surface area contributed by atoms with E-state index in [1.165, 1.54) is 12.0 Å². The van der Waals surface area contributed by atoms with Crippen LogP contribution in [0.4, 0.5) is 0 Å². The Balaban J connectivity index is 1.49. The maximum absolute atomic E-state index is 14.5. The molecule has 2 saturated carbocycles. The normalized spacial score (nSPS) is 42.5. The van der Waals surface area contributed by atoms with Crippen LogP contribution >= 0.6 is 0 Å². The van der Waals surface area contributed by atoms with Crippen molar-refractivity contribution in [3.63, 3.8) is 0 Å². The molecular weight excluding hydrogens is 819 g/mol. The van der Waals surface area contributed by atoms with Crippen molar-refractivity contribution >= 4 is 29.0 Å². The number of hydrogen-bond donors (Lipinski definition) is 3. The monoisotopic (exact) mass is 896 g/mol. The van der Waals surface area contributed by atoms with Crippen LogP contribution in [-0.4, -0.2) is 126 Å². The van der Waals surface area contributed by atoms with Crippen molar-refractivity contribution in [1.82, 2.24) is 4.90 Å². The number of fused-ring (bicyclic) bond motifs is 5. The van der Waals surface area contributed by atoms with E-state index in [1.54, 1.807) is 41.1 Å². The zero-order chi connectivity index (χ0) is 47.0. The molecule has 0 aromatic rings. The molecule has 3 heterocycles. The summed E-state index contributed by atoms with van der Waals surface area (Å²) < 4.78 is 23.3. The summed E-state index contributed by atoms with van der Waals surface area (Å²) in [5.74, 6) is -6.93. The highest BCUT2D eigenvalue weighted by Gasteiger charge is 2.54. The number of methoxy groups -OCH3 is 3. The summed E-state index contributed by atoms with van der Waals surface area (Å²) in [4.78, 5) is 72.3. The minimum absolute atomic E-state index is 0.0286. The molecule has 5 aliphatic rings. The Bertz CT molecular complexity index is 1790. The van der Waals surface area contributed by atoms with E-state index in [1.807, 2.05) is 51.2 Å². The van der Waals surface area contributed by atoms with E-state index < -0.39 is 71.8 Å². The molecule has 1 unspecified atom stereocenters. The van der Waals surface area contributed by atoms with Gasteiger partial charge in [0.1, 0.15) is 18.0 Å². The number of carbonyl (C=O) groups excluding carboxylic acids is 5. The van der Waals surface area contributed by atoms with Crippen molar-refractivity contribution in [1.29, 1.82) is 0 Å². The van der Waals surface area contributed by atoms with Gasteiger partial charge in [-0.3, -0.25) is 24.0 Å². The number of aliphatic hydroxyl groups is 3. The molecule has 3 aliphatic heterocycles. The predicted molar refractivity (Wildman–Crippen MR) is 242 cm³/mol. The fourth-order valence-electron chi connectivity index (χ4n) is 11.3. The third-order valence-electron chi connectivity index (χ3n) is 15.5. The Hall–Kier alpha value is -3.17. The lowest BCUT2D eigenvalue weighted by molar-refractivity contribution is -0.265. The second kappa shape index (κ2) is 23.0. The number of aliphatic hydroxyl groups excluding tert-OH is 2. The first-order valence-corrected chi connectivity index (χ1v) is 23.8. The van der Waals surface area contributed by atoms with Gasteiger partial charge in [-0.15, -0.1) is 0 Å². The number of hydrogen-bond acceptors (Lipinski definition) is 12. The molecule has 16 atom stereocenters. The first-order valence-electron chi connectivity index (χ1n) is 23.8. The van der Waals surface area contributed by atoms with Crippen LogP contribution in [0.15, 0.2) is 47.6 Å². The van der Waals surface area contributed by atoms with Gasteiger partial charge in [0.25, 0.3) is 11.7 Å². The molecule has 64 heavy (non-hydrogen) atoms. The lowest BCUT2D eigenvalue weighted by atomic mass is 9.68. The molecule has 5 bridgehead atoms. The van der Waals surface area contributed by atoms with Crippen molar-refractivity contribution in [2.75, 3.05) is 27.9 Å². The van der Waals surface area contributed by atoms with Crippen molar-refractivity contribution < 1.29 is 58.2 Å². The summed E-state index contributed by atoms with van der Waals surface area (Å²) in [7, 11) is 4.59. The summed E-state index contributed by atoms with van der Waals surface area (Å²) in [6.45, 7) is 11.1. The second-order valence-corrected chi connectivity index (χ2v) is 20.0. The second-order valence-electron chi connectivity index (χ2n) is 20.0. The van der Waals surface area contributed by atoms with Crippen LogP contribution in [0.1, 0.15) is 119 Å². The maximum atomic E-state index is 14.5. The molecule has 4 fully saturated rings. The standard InChI is InChI=1S/C51H77NO12/c1-29-13-11-10-12-14-30(2)44(61-7)28-38-17-15-34(6)51(60,64-38)49(58)50(59)52-20-19-36-25-40(52)43(55)27-37(39(36)23-35-16-18-41(53)45(24-35)62-8)26-42(54)31(3)22-33(5)47(57)48(63-9)46(56)32(4)21-29/h10-14,22,29,31-32,34-41,44-45,47-48,53,57,60H,15-21,23-28H2,1-9H3/b12-10+,13-11+,30-14?,33-22+/t29-,31-,32-,34-,35+,36+,37-,38+,39?,40+,41-,44+,45-,47+,48+,51-/m1/s1. The molecule has 5 rings (SSSR count). The number of Topliss-reactive ketones (excluding diaryl/α,β-unsaturated/α-hetero) is 4. The SMILES string of the molecule is CO[C@H]1C[C@@H]2CC[C@@H](C)[C@@](O)(O2)C(=O)C(=O)N2CC[C@H]3C[C@H]2C(=O)C[C@@H](CC(=O)[C@H](C)/C=C(\C)[C@H](O)[C@@H](OC)C(=O)[C@H](C)C[C@H](C)/C=C/C=C/C=C1C)C3C[C@@H]1CC[C@@H](O)[C@H](OC)C1. The van der Waals surface area contributed by atoms with Gasteiger partial charge < -0.3 is 39.2 Å². The van der Waals surface area contributed by atoms with Gasteiger partial charge in [-0.25, -0.2) is 0 Å². The Labute approximate surface area is 381 Å². The highest BCUT2D eigenvalue weighted by atomic mass is 16.6. The Kier molecular flexibility index (Phi) is 18.6. The molecule has 0 spiro atoms.